The lowest BCUT2D eigenvalue weighted by Gasteiger charge is -2.13. The third-order valence-corrected chi connectivity index (χ3v) is 4.79. The van der Waals surface area contributed by atoms with Crippen LogP contribution in [0.15, 0.2) is 10.6 Å². The molecule has 2 aromatic rings. The number of hydrogen-bond donors (Lipinski definition) is 2. The Kier molecular flexibility index (Phi) is 2.97. The van der Waals surface area contributed by atoms with E-state index in [1.54, 1.807) is 0 Å². The number of fused-ring (bicyclic) bond motifs is 1. The van der Waals surface area contributed by atoms with E-state index in [9.17, 15) is 9.90 Å². The Balaban J connectivity index is 1.66. The summed E-state index contributed by atoms with van der Waals surface area (Å²) in [6.45, 7) is 2.45. The van der Waals surface area contributed by atoms with Gasteiger partial charge < -0.3 is 14.9 Å². The van der Waals surface area contributed by atoms with E-state index in [2.05, 4.69) is 15.5 Å². The smallest absolute Gasteiger partial charge is 0.259 e. The second-order valence-electron chi connectivity index (χ2n) is 6.66. The van der Waals surface area contributed by atoms with Crippen LogP contribution in [-0.2, 0) is 0 Å². The van der Waals surface area contributed by atoms with Gasteiger partial charge in [0, 0.05) is 23.6 Å². The summed E-state index contributed by atoms with van der Waals surface area (Å²) in [6.07, 6.45) is 4.16. The SMILES string of the molecule is Cc1noc2nc(C3CC3)cc(C(=O)NCC3(CO)CC3)c12. The minimum atomic E-state index is -0.139. The van der Waals surface area contributed by atoms with Gasteiger partial charge in [-0.3, -0.25) is 4.79 Å². The highest BCUT2D eigenvalue weighted by atomic mass is 16.5. The number of nitrogens with zero attached hydrogens (tertiary/aromatic N) is 2. The molecule has 2 fully saturated rings. The van der Waals surface area contributed by atoms with Crippen LogP contribution in [0.5, 0.6) is 0 Å². The largest absolute Gasteiger partial charge is 0.396 e. The first-order chi connectivity index (χ1) is 10.6. The molecule has 1 amide bonds. The van der Waals surface area contributed by atoms with Gasteiger partial charge in [-0.15, -0.1) is 0 Å². The maximum atomic E-state index is 12.6. The number of rotatable bonds is 5. The van der Waals surface area contributed by atoms with Gasteiger partial charge >= 0.3 is 0 Å². The maximum Gasteiger partial charge on any atom is 0.259 e. The van der Waals surface area contributed by atoms with Crippen molar-refractivity contribution < 1.29 is 14.4 Å². The second kappa shape index (κ2) is 4.78. The molecule has 0 aliphatic heterocycles. The zero-order chi connectivity index (χ0) is 15.3. The fraction of sp³-hybridized carbons (Fsp3) is 0.562. The number of hydrogen-bond acceptors (Lipinski definition) is 5. The molecule has 2 N–H and O–H groups in total. The van der Waals surface area contributed by atoms with Gasteiger partial charge in [-0.1, -0.05) is 5.16 Å². The fourth-order valence-corrected chi connectivity index (χ4v) is 2.81. The van der Waals surface area contributed by atoms with Gasteiger partial charge in [-0.25, -0.2) is 4.98 Å². The Bertz CT molecular complexity index is 744. The number of amides is 1. The summed E-state index contributed by atoms with van der Waals surface area (Å²) in [5.41, 5.74) is 2.51. The van der Waals surface area contributed by atoms with Crippen LogP contribution in [0.2, 0.25) is 0 Å². The Morgan fingerprint density at radius 1 is 1.50 bits per heavy atom. The van der Waals surface area contributed by atoms with Crippen LogP contribution in [0.1, 0.15) is 53.3 Å². The molecule has 2 saturated carbocycles. The summed E-state index contributed by atoms with van der Waals surface area (Å²) in [7, 11) is 0. The molecule has 0 unspecified atom stereocenters. The number of aliphatic hydroxyl groups is 1. The van der Waals surface area contributed by atoms with Crippen molar-refractivity contribution in [1.82, 2.24) is 15.5 Å². The Labute approximate surface area is 127 Å². The highest BCUT2D eigenvalue weighted by Crippen LogP contribution is 2.44. The Morgan fingerprint density at radius 2 is 2.27 bits per heavy atom. The third-order valence-electron chi connectivity index (χ3n) is 4.79. The maximum absolute atomic E-state index is 12.6. The number of aryl methyl sites for hydroxylation is 1. The van der Waals surface area contributed by atoms with Crippen LogP contribution in [0.3, 0.4) is 0 Å². The van der Waals surface area contributed by atoms with Crippen molar-refractivity contribution >= 4 is 17.0 Å². The van der Waals surface area contributed by atoms with E-state index in [4.69, 9.17) is 4.52 Å². The normalized spacial score (nSPS) is 19.4. The van der Waals surface area contributed by atoms with E-state index in [1.807, 2.05) is 13.0 Å². The molecule has 0 radical (unpaired) electrons. The van der Waals surface area contributed by atoms with E-state index in [1.165, 1.54) is 0 Å². The molecular weight excluding hydrogens is 282 g/mol. The summed E-state index contributed by atoms with van der Waals surface area (Å²) in [5, 5.41) is 16.9. The molecule has 2 aliphatic rings. The van der Waals surface area contributed by atoms with E-state index in [0.29, 0.717) is 34.8 Å². The van der Waals surface area contributed by atoms with Gasteiger partial charge in [-0.05, 0) is 38.7 Å². The fourth-order valence-electron chi connectivity index (χ4n) is 2.81. The predicted molar refractivity (Wildman–Crippen MR) is 79.6 cm³/mol. The van der Waals surface area contributed by atoms with Gasteiger partial charge in [0.15, 0.2) is 0 Å². The number of pyridine rings is 1. The highest BCUT2D eigenvalue weighted by Gasteiger charge is 2.42. The molecule has 0 bridgehead atoms. The van der Waals surface area contributed by atoms with Crippen molar-refractivity contribution in [3.8, 4) is 0 Å². The first kappa shape index (κ1) is 13.7. The van der Waals surface area contributed by atoms with Crippen molar-refractivity contribution in [3.05, 3.63) is 23.0 Å². The van der Waals surface area contributed by atoms with Gasteiger partial charge in [0.25, 0.3) is 11.6 Å². The summed E-state index contributed by atoms with van der Waals surface area (Å²) in [4.78, 5) is 17.1. The Hall–Kier alpha value is -1.95. The third kappa shape index (κ3) is 2.27. The predicted octanol–water partition coefficient (Wildman–Crippen LogP) is 1.91. The van der Waals surface area contributed by atoms with Gasteiger partial charge in [0.2, 0.25) is 0 Å². The first-order valence-electron chi connectivity index (χ1n) is 7.78. The highest BCUT2D eigenvalue weighted by molar-refractivity contribution is 6.06. The zero-order valence-electron chi connectivity index (χ0n) is 12.6. The van der Waals surface area contributed by atoms with Gasteiger partial charge in [0.1, 0.15) is 0 Å². The summed E-state index contributed by atoms with van der Waals surface area (Å²) < 4.78 is 5.26. The molecule has 2 aliphatic carbocycles. The van der Waals surface area contributed by atoms with Gasteiger partial charge in [-0.2, -0.15) is 0 Å². The number of nitrogens with one attached hydrogen (secondary N) is 1. The standard InChI is InChI=1S/C16H19N3O3/c1-9-13-11(14(21)17-7-16(8-20)4-5-16)6-12(10-2-3-10)18-15(13)22-19-9/h6,10,20H,2-5,7-8H2,1H3,(H,17,21). The molecule has 4 rings (SSSR count). The van der Waals surface area contributed by atoms with Crippen molar-refractivity contribution in [1.29, 1.82) is 0 Å². The molecule has 6 nitrogen and oxygen atoms in total. The molecule has 6 heteroatoms. The number of aliphatic hydroxyl groups excluding tert-OH is 1. The average Bonchev–Trinajstić information content (AvgIpc) is 3.44. The van der Waals surface area contributed by atoms with E-state index in [-0.39, 0.29) is 17.9 Å². The lowest BCUT2D eigenvalue weighted by atomic mass is 10.1. The lowest BCUT2D eigenvalue weighted by Crippen LogP contribution is -2.32. The second-order valence-corrected chi connectivity index (χ2v) is 6.66. The molecule has 2 heterocycles. The van der Waals surface area contributed by atoms with Crippen LogP contribution in [-0.4, -0.2) is 34.3 Å². The van der Waals surface area contributed by atoms with E-state index >= 15 is 0 Å². The van der Waals surface area contributed by atoms with Crippen LogP contribution in [0.4, 0.5) is 0 Å². The molecule has 116 valence electrons. The topological polar surface area (TPSA) is 88.2 Å². The first-order valence-corrected chi connectivity index (χ1v) is 7.78. The van der Waals surface area contributed by atoms with Crippen LogP contribution >= 0.6 is 0 Å². The van der Waals surface area contributed by atoms with Crippen LogP contribution < -0.4 is 5.32 Å². The van der Waals surface area contributed by atoms with E-state index in [0.717, 1.165) is 31.4 Å². The monoisotopic (exact) mass is 301 g/mol. The van der Waals surface area contributed by atoms with Gasteiger partial charge in [0.05, 0.1) is 23.3 Å². The molecule has 0 aromatic carbocycles. The summed E-state index contributed by atoms with van der Waals surface area (Å²) in [6, 6.07) is 1.87. The molecule has 0 atom stereocenters. The number of carbonyl (C=O) groups is 1. The molecular formula is C16H19N3O3. The minimum Gasteiger partial charge on any atom is -0.396 e. The van der Waals surface area contributed by atoms with Crippen LogP contribution in [0.25, 0.3) is 11.1 Å². The lowest BCUT2D eigenvalue weighted by molar-refractivity contribution is 0.0936. The molecule has 22 heavy (non-hydrogen) atoms. The summed E-state index contributed by atoms with van der Waals surface area (Å²) >= 11 is 0. The summed E-state index contributed by atoms with van der Waals surface area (Å²) in [5.74, 6) is 0.300. The average molecular weight is 301 g/mol. The van der Waals surface area contributed by atoms with Crippen molar-refractivity contribution in [2.24, 2.45) is 5.41 Å². The quantitative estimate of drug-likeness (QED) is 0.880. The van der Waals surface area contributed by atoms with Crippen molar-refractivity contribution in [2.45, 2.75) is 38.5 Å². The van der Waals surface area contributed by atoms with E-state index < -0.39 is 0 Å². The number of aromatic nitrogens is 2. The van der Waals surface area contributed by atoms with Crippen molar-refractivity contribution in [2.75, 3.05) is 13.2 Å². The van der Waals surface area contributed by atoms with Crippen molar-refractivity contribution in [3.63, 3.8) is 0 Å². The zero-order valence-corrected chi connectivity index (χ0v) is 12.6. The molecule has 0 saturated heterocycles. The minimum absolute atomic E-state index is 0.106. The molecule has 0 spiro atoms. The molecule has 2 aromatic heterocycles. The van der Waals surface area contributed by atoms with Crippen LogP contribution in [0, 0.1) is 12.3 Å². The number of carbonyl (C=O) groups excluding carboxylic acids is 1. The Morgan fingerprint density at radius 3 is 2.91 bits per heavy atom.